The second-order valence-corrected chi connectivity index (χ2v) is 6.37. The predicted octanol–water partition coefficient (Wildman–Crippen LogP) is 3.44. The molecule has 0 bridgehead atoms. The van der Waals surface area contributed by atoms with Gasteiger partial charge in [-0.25, -0.2) is 17.8 Å². The molecule has 0 aliphatic heterocycles. The number of aromatic nitrogens is 1. The molecule has 0 radical (unpaired) electrons. The van der Waals surface area contributed by atoms with Gasteiger partial charge in [0.1, 0.15) is 15.3 Å². The molecule has 1 N–H and O–H groups in total. The van der Waals surface area contributed by atoms with Crippen molar-refractivity contribution in [1.82, 2.24) is 4.98 Å². The van der Waals surface area contributed by atoms with Gasteiger partial charge in [0.05, 0.1) is 5.02 Å². The van der Waals surface area contributed by atoms with E-state index < -0.39 is 20.7 Å². The maximum atomic E-state index is 13.7. The molecule has 2 aromatic rings. The molecular weight excluding hydrogens is 359 g/mol. The van der Waals surface area contributed by atoms with Gasteiger partial charge in [-0.15, -0.1) is 0 Å². The molecule has 2 rings (SSSR count). The molecule has 1 heterocycles. The monoisotopic (exact) mass is 364 g/mol. The van der Waals surface area contributed by atoms with Crippen LogP contribution in [-0.2, 0) is 10.0 Å². The first-order valence-electron chi connectivity index (χ1n) is 4.99. The zero-order valence-corrected chi connectivity index (χ0v) is 12.4. The summed E-state index contributed by atoms with van der Waals surface area (Å²) in [6, 6.07) is 8.44. The van der Waals surface area contributed by atoms with Crippen LogP contribution in [0, 0.1) is 5.82 Å². The number of halogens is 3. The molecule has 0 amide bonds. The first-order chi connectivity index (χ1) is 8.90. The Morgan fingerprint density at radius 2 is 1.89 bits per heavy atom. The summed E-state index contributed by atoms with van der Waals surface area (Å²) in [5, 5.41) is -0.259. The van der Waals surface area contributed by atoms with Crippen LogP contribution in [0.15, 0.2) is 45.9 Å². The van der Waals surface area contributed by atoms with Crippen molar-refractivity contribution >= 4 is 43.4 Å². The molecule has 0 saturated carbocycles. The van der Waals surface area contributed by atoms with Crippen LogP contribution in [0.1, 0.15) is 0 Å². The number of hydrogen-bond donors (Lipinski definition) is 1. The number of nitrogens with zero attached hydrogens (tertiary/aromatic N) is 1. The molecule has 0 atom stereocenters. The van der Waals surface area contributed by atoms with Crippen LogP contribution < -0.4 is 4.72 Å². The fourth-order valence-electron chi connectivity index (χ4n) is 1.35. The number of pyridine rings is 1. The predicted molar refractivity (Wildman–Crippen MR) is 74.2 cm³/mol. The molecule has 0 aliphatic carbocycles. The zero-order valence-electron chi connectivity index (χ0n) is 9.27. The number of anilines is 1. The number of nitrogens with one attached hydrogen (secondary N) is 1. The fourth-order valence-corrected chi connectivity index (χ4v) is 3.03. The summed E-state index contributed by atoms with van der Waals surface area (Å²) in [7, 11) is -4.08. The molecule has 4 nitrogen and oxygen atoms in total. The molecule has 19 heavy (non-hydrogen) atoms. The summed E-state index contributed by atoms with van der Waals surface area (Å²) in [6.07, 6.45) is 0. The van der Waals surface area contributed by atoms with Crippen molar-refractivity contribution in [1.29, 1.82) is 0 Å². The molecule has 0 fully saturated rings. The second-order valence-electron chi connectivity index (χ2n) is 3.50. The lowest BCUT2D eigenvalue weighted by molar-refractivity contribution is 0.570. The summed E-state index contributed by atoms with van der Waals surface area (Å²) in [4.78, 5) is 3.38. The fraction of sp³-hybridized carbons (Fsp3) is 0. The molecule has 1 aromatic carbocycles. The number of hydrogen-bond acceptors (Lipinski definition) is 3. The lowest BCUT2D eigenvalue weighted by Crippen LogP contribution is -2.15. The zero-order chi connectivity index (χ0) is 14.0. The Labute approximate surface area is 122 Å². The van der Waals surface area contributed by atoms with Gasteiger partial charge < -0.3 is 0 Å². The topological polar surface area (TPSA) is 59.1 Å². The van der Waals surface area contributed by atoms with Crippen molar-refractivity contribution in [3.63, 3.8) is 0 Å². The average Bonchev–Trinajstić information content (AvgIpc) is 2.32. The minimum atomic E-state index is -4.08. The quantitative estimate of drug-likeness (QED) is 0.848. The molecule has 0 spiro atoms. The Morgan fingerprint density at radius 3 is 2.58 bits per heavy atom. The maximum absolute atomic E-state index is 13.7. The van der Waals surface area contributed by atoms with Crippen molar-refractivity contribution in [3.05, 3.63) is 51.8 Å². The lowest BCUT2D eigenvalue weighted by Gasteiger charge is -2.08. The summed E-state index contributed by atoms with van der Waals surface area (Å²) in [5.41, 5.74) is 0. The summed E-state index contributed by atoms with van der Waals surface area (Å²) >= 11 is 8.67. The van der Waals surface area contributed by atoms with Gasteiger partial charge in [0, 0.05) is 0 Å². The highest BCUT2D eigenvalue weighted by Crippen LogP contribution is 2.23. The van der Waals surface area contributed by atoms with Crippen LogP contribution in [0.2, 0.25) is 5.02 Å². The van der Waals surface area contributed by atoms with E-state index in [1.807, 2.05) is 0 Å². The Bertz CT molecular complexity index is 724. The third-order valence-corrected chi connectivity index (χ3v) is 4.27. The minimum absolute atomic E-state index is 0.0775. The summed E-state index contributed by atoms with van der Waals surface area (Å²) in [5.74, 6) is -0.916. The van der Waals surface area contributed by atoms with E-state index in [9.17, 15) is 12.8 Å². The van der Waals surface area contributed by atoms with Gasteiger partial charge in [0.2, 0.25) is 0 Å². The van der Waals surface area contributed by atoms with E-state index in [1.165, 1.54) is 18.2 Å². The normalized spacial score (nSPS) is 11.3. The van der Waals surface area contributed by atoms with E-state index in [1.54, 1.807) is 12.1 Å². The van der Waals surface area contributed by atoms with E-state index in [0.717, 1.165) is 6.07 Å². The number of rotatable bonds is 3. The van der Waals surface area contributed by atoms with E-state index in [0.29, 0.717) is 4.60 Å². The van der Waals surface area contributed by atoms with Crippen molar-refractivity contribution in [2.45, 2.75) is 4.90 Å². The van der Waals surface area contributed by atoms with Crippen LogP contribution in [0.25, 0.3) is 0 Å². The van der Waals surface area contributed by atoms with Gasteiger partial charge in [0.15, 0.2) is 5.82 Å². The highest BCUT2D eigenvalue weighted by atomic mass is 79.9. The molecule has 0 unspecified atom stereocenters. The van der Waals surface area contributed by atoms with Gasteiger partial charge >= 0.3 is 0 Å². The van der Waals surface area contributed by atoms with Crippen molar-refractivity contribution < 1.29 is 12.8 Å². The van der Waals surface area contributed by atoms with Gasteiger partial charge in [-0.2, -0.15) is 0 Å². The third-order valence-electron chi connectivity index (χ3n) is 2.16. The number of benzene rings is 1. The van der Waals surface area contributed by atoms with Crippen molar-refractivity contribution in [2.24, 2.45) is 0 Å². The Balaban J connectivity index is 2.41. The molecule has 0 saturated heterocycles. The molecule has 100 valence electrons. The second kappa shape index (κ2) is 5.44. The minimum Gasteiger partial charge on any atom is -0.263 e. The SMILES string of the molecule is O=S(=O)(Nc1cccc(Br)n1)c1cccc(Cl)c1F. The smallest absolute Gasteiger partial charge is 0.263 e. The Kier molecular flexibility index (Phi) is 4.07. The van der Waals surface area contributed by atoms with Gasteiger partial charge in [-0.1, -0.05) is 23.7 Å². The molecule has 8 heteroatoms. The lowest BCUT2D eigenvalue weighted by atomic mass is 10.3. The summed E-state index contributed by atoms with van der Waals surface area (Å²) < 4.78 is 40.4. The largest absolute Gasteiger partial charge is 0.266 e. The van der Waals surface area contributed by atoms with E-state index in [4.69, 9.17) is 11.6 Å². The highest BCUT2D eigenvalue weighted by Gasteiger charge is 2.21. The Morgan fingerprint density at radius 1 is 1.21 bits per heavy atom. The highest BCUT2D eigenvalue weighted by molar-refractivity contribution is 9.10. The molecule has 0 aliphatic rings. The number of sulfonamides is 1. The van der Waals surface area contributed by atoms with E-state index >= 15 is 0 Å². The Hall–Kier alpha value is -1.18. The van der Waals surface area contributed by atoms with Gasteiger partial charge in [-0.3, -0.25) is 4.72 Å². The van der Waals surface area contributed by atoms with Crippen LogP contribution in [0.5, 0.6) is 0 Å². The molecule has 1 aromatic heterocycles. The standard InChI is InChI=1S/C11H7BrClFN2O2S/c12-9-5-2-6-10(15-9)16-19(17,18)8-4-1-3-7(13)11(8)14/h1-6H,(H,15,16). The first-order valence-corrected chi connectivity index (χ1v) is 7.65. The first kappa shape index (κ1) is 14.2. The van der Waals surface area contributed by atoms with Crippen molar-refractivity contribution in [3.8, 4) is 0 Å². The van der Waals surface area contributed by atoms with E-state index in [2.05, 4.69) is 25.6 Å². The van der Waals surface area contributed by atoms with E-state index in [-0.39, 0.29) is 10.8 Å². The maximum Gasteiger partial charge on any atom is 0.266 e. The third kappa shape index (κ3) is 3.23. The van der Waals surface area contributed by atoms with Crippen molar-refractivity contribution in [2.75, 3.05) is 4.72 Å². The molecular formula is C11H7BrClFN2O2S. The summed E-state index contributed by atoms with van der Waals surface area (Å²) in [6.45, 7) is 0. The average molecular weight is 366 g/mol. The van der Waals surface area contributed by atoms with Gasteiger partial charge in [-0.05, 0) is 40.2 Å². The van der Waals surface area contributed by atoms with Crippen LogP contribution >= 0.6 is 27.5 Å². The van der Waals surface area contributed by atoms with Crippen LogP contribution in [0.4, 0.5) is 10.2 Å². The van der Waals surface area contributed by atoms with Gasteiger partial charge in [0.25, 0.3) is 10.0 Å². The van der Waals surface area contributed by atoms with Crippen LogP contribution in [0.3, 0.4) is 0 Å². The van der Waals surface area contributed by atoms with Crippen LogP contribution in [-0.4, -0.2) is 13.4 Å².